The Balaban J connectivity index is 1.77. The lowest BCUT2D eigenvalue weighted by Gasteiger charge is -2.16. The molecule has 0 unspecified atom stereocenters. The van der Waals surface area contributed by atoms with Gasteiger partial charge in [-0.1, -0.05) is 48.5 Å². The summed E-state index contributed by atoms with van der Waals surface area (Å²) >= 11 is 0. The summed E-state index contributed by atoms with van der Waals surface area (Å²) in [6, 6.07) is 18.4. The Morgan fingerprint density at radius 2 is 1.52 bits per heavy atom. The van der Waals surface area contributed by atoms with Crippen molar-refractivity contribution in [1.82, 2.24) is 0 Å². The van der Waals surface area contributed by atoms with E-state index in [4.69, 9.17) is 9.47 Å². The van der Waals surface area contributed by atoms with E-state index in [-0.39, 0.29) is 5.54 Å². The summed E-state index contributed by atoms with van der Waals surface area (Å²) in [5, 5.41) is 2.29. The summed E-state index contributed by atoms with van der Waals surface area (Å²) in [4.78, 5) is 0. The first kappa shape index (κ1) is 17.5. The SMILES string of the molecule is CC(C)(C)[NH2+]CCOCCOc1ccccc1-c1ccccc1. The van der Waals surface area contributed by atoms with Crippen LogP contribution in [0.25, 0.3) is 11.1 Å². The van der Waals surface area contributed by atoms with Crippen LogP contribution in [-0.4, -0.2) is 31.9 Å². The second-order valence-corrected chi connectivity index (χ2v) is 6.68. The predicted octanol–water partition coefficient (Wildman–Crippen LogP) is 3.11. The van der Waals surface area contributed by atoms with Crippen molar-refractivity contribution in [2.24, 2.45) is 0 Å². The monoisotopic (exact) mass is 314 g/mol. The van der Waals surface area contributed by atoms with E-state index >= 15 is 0 Å². The van der Waals surface area contributed by atoms with Gasteiger partial charge in [-0.15, -0.1) is 0 Å². The van der Waals surface area contributed by atoms with Gasteiger partial charge in [0.25, 0.3) is 0 Å². The number of rotatable bonds is 8. The molecule has 0 atom stereocenters. The van der Waals surface area contributed by atoms with Crippen LogP contribution in [0.15, 0.2) is 54.6 Å². The minimum atomic E-state index is 0.258. The number of hydrogen-bond donors (Lipinski definition) is 1. The molecule has 3 heteroatoms. The van der Waals surface area contributed by atoms with Crippen LogP contribution in [0.2, 0.25) is 0 Å². The molecule has 0 aliphatic carbocycles. The molecule has 2 rings (SSSR count). The van der Waals surface area contributed by atoms with Crippen molar-refractivity contribution in [1.29, 1.82) is 0 Å². The molecule has 0 aliphatic rings. The quantitative estimate of drug-likeness (QED) is 0.760. The van der Waals surface area contributed by atoms with Crippen LogP contribution in [-0.2, 0) is 4.74 Å². The van der Waals surface area contributed by atoms with E-state index in [1.54, 1.807) is 0 Å². The number of hydrogen-bond acceptors (Lipinski definition) is 2. The molecule has 3 nitrogen and oxygen atoms in total. The average molecular weight is 314 g/mol. The summed E-state index contributed by atoms with van der Waals surface area (Å²) in [5.74, 6) is 0.906. The third-order valence-corrected chi connectivity index (χ3v) is 3.48. The molecule has 0 saturated heterocycles. The van der Waals surface area contributed by atoms with Gasteiger partial charge in [-0.3, -0.25) is 0 Å². The number of benzene rings is 2. The lowest BCUT2D eigenvalue weighted by molar-refractivity contribution is -0.718. The molecule has 2 N–H and O–H groups in total. The van der Waals surface area contributed by atoms with E-state index < -0.39 is 0 Å². The maximum atomic E-state index is 5.90. The van der Waals surface area contributed by atoms with Crippen LogP contribution in [0.3, 0.4) is 0 Å². The molecule has 0 spiro atoms. The maximum Gasteiger partial charge on any atom is 0.127 e. The molecule has 2 aromatic carbocycles. The van der Waals surface area contributed by atoms with Crippen LogP contribution in [0.5, 0.6) is 5.75 Å². The predicted molar refractivity (Wildman–Crippen MR) is 94.7 cm³/mol. The topological polar surface area (TPSA) is 35.1 Å². The molecule has 0 aliphatic heterocycles. The zero-order valence-corrected chi connectivity index (χ0v) is 14.4. The molecule has 0 radical (unpaired) electrons. The maximum absolute atomic E-state index is 5.90. The average Bonchev–Trinajstić information content (AvgIpc) is 2.54. The van der Waals surface area contributed by atoms with Gasteiger partial charge in [-0.2, -0.15) is 0 Å². The lowest BCUT2D eigenvalue weighted by atomic mass is 10.1. The molecule has 0 heterocycles. The molecular weight excluding hydrogens is 286 g/mol. The Morgan fingerprint density at radius 1 is 0.826 bits per heavy atom. The number of ether oxygens (including phenoxy) is 2. The van der Waals surface area contributed by atoms with Crippen molar-refractivity contribution >= 4 is 0 Å². The summed E-state index contributed by atoms with van der Waals surface area (Å²) in [6.45, 7) is 9.52. The van der Waals surface area contributed by atoms with E-state index in [0.29, 0.717) is 13.2 Å². The van der Waals surface area contributed by atoms with Crippen molar-refractivity contribution in [2.45, 2.75) is 26.3 Å². The zero-order chi connectivity index (χ0) is 16.5. The van der Waals surface area contributed by atoms with Gasteiger partial charge in [-0.05, 0) is 32.4 Å². The summed E-state index contributed by atoms with van der Waals surface area (Å²) in [7, 11) is 0. The molecule has 2 aromatic rings. The van der Waals surface area contributed by atoms with Crippen LogP contribution in [0.4, 0.5) is 0 Å². The Labute approximate surface area is 139 Å². The highest BCUT2D eigenvalue weighted by molar-refractivity contribution is 5.70. The third kappa shape index (κ3) is 6.43. The standard InChI is InChI=1S/C20H27NO2/c1-20(2,3)21-13-14-22-15-16-23-19-12-8-7-11-18(19)17-9-5-4-6-10-17/h4-12,21H,13-16H2,1-3H3/p+1. The molecule has 0 bridgehead atoms. The minimum absolute atomic E-state index is 0.258. The normalized spacial score (nSPS) is 11.4. The van der Waals surface area contributed by atoms with E-state index in [1.165, 1.54) is 5.56 Å². The Kier molecular flexibility index (Phi) is 6.63. The number of nitrogens with two attached hydrogens (primary N) is 1. The smallest absolute Gasteiger partial charge is 0.127 e. The van der Waals surface area contributed by atoms with Gasteiger partial charge in [0.1, 0.15) is 12.4 Å². The second-order valence-electron chi connectivity index (χ2n) is 6.68. The Bertz CT molecular complexity index is 576. The van der Waals surface area contributed by atoms with Gasteiger partial charge in [0.05, 0.1) is 25.3 Å². The molecule has 23 heavy (non-hydrogen) atoms. The van der Waals surface area contributed by atoms with Crippen molar-refractivity contribution in [2.75, 3.05) is 26.4 Å². The second kappa shape index (κ2) is 8.70. The lowest BCUT2D eigenvalue weighted by Crippen LogP contribution is -2.95. The largest absolute Gasteiger partial charge is 0.491 e. The van der Waals surface area contributed by atoms with Crippen LogP contribution >= 0.6 is 0 Å². The minimum Gasteiger partial charge on any atom is -0.491 e. The van der Waals surface area contributed by atoms with Gasteiger partial charge in [0.2, 0.25) is 0 Å². The highest BCUT2D eigenvalue weighted by Gasteiger charge is 2.11. The van der Waals surface area contributed by atoms with Crippen molar-refractivity contribution in [3.05, 3.63) is 54.6 Å². The van der Waals surface area contributed by atoms with Gasteiger partial charge in [-0.25, -0.2) is 0 Å². The fourth-order valence-electron chi connectivity index (χ4n) is 2.34. The van der Waals surface area contributed by atoms with Crippen LogP contribution < -0.4 is 10.1 Å². The zero-order valence-electron chi connectivity index (χ0n) is 14.4. The fourth-order valence-corrected chi connectivity index (χ4v) is 2.34. The first-order valence-corrected chi connectivity index (χ1v) is 8.26. The van der Waals surface area contributed by atoms with Crippen molar-refractivity contribution < 1.29 is 14.8 Å². The van der Waals surface area contributed by atoms with E-state index in [2.05, 4.69) is 44.3 Å². The van der Waals surface area contributed by atoms with Crippen LogP contribution in [0.1, 0.15) is 20.8 Å². The van der Waals surface area contributed by atoms with E-state index in [9.17, 15) is 0 Å². The summed E-state index contributed by atoms with van der Waals surface area (Å²) in [5.41, 5.74) is 2.55. The van der Waals surface area contributed by atoms with Gasteiger partial charge in [0, 0.05) is 5.56 Å². The number of quaternary nitrogens is 1. The van der Waals surface area contributed by atoms with Crippen LogP contribution in [0, 0.1) is 0 Å². The van der Waals surface area contributed by atoms with Crippen molar-refractivity contribution in [3.8, 4) is 16.9 Å². The molecule has 0 fully saturated rings. The molecular formula is C20H28NO2+. The van der Waals surface area contributed by atoms with E-state index in [0.717, 1.165) is 24.5 Å². The first-order chi connectivity index (χ1) is 11.1. The fraction of sp³-hybridized carbons (Fsp3) is 0.400. The van der Waals surface area contributed by atoms with Gasteiger partial charge >= 0.3 is 0 Å². The number of para-hydroxylation sites is 1. The highest BCUT2D eigenvalue weighted by atomic mass is 16.5. The van der Waals surface area contributed by atoms with Crippen molar-refractivity contribution in [3.63, 3.8) is 0 Å². The van der Waals surface area contributed by atoms with Gasteiger partial charge in [0.15, 0.2) is 0 Å². The molecule has 0 aromatic heterocycles. The third-order valence-electron chi connectivity index (χ3n) is 3.48. The first-order valence-electron chi connectivity index (χ1n) is 8.26. The summed E-state index contributed by atoms with van der Waals surface area (Å²) < 4.78 is 11.5. The van der Waals surface area contributed by atoms with Gasteiger partial charge < -0.3 is 14.8 Å². The molecule has 0 saturated carbocycles. The summed E-state index contributed by atoms with van der Waals surface area (Å²) in [6.07, 6.45) is 0. The molecule has 0 amide bonds. The Hall–Kier alpha value is -1.84. The Morgan fingerprint density at radius 3 is 2.26 bits per heavy atom. The van der Waals surface area contributed by atoms with E-state index in [1.807, 2.05) is 36.4 Å². The molecule has 124 valence electrons. The highest BCUT2D eigenvalue weighted by Crippen LogP contribution is 2.29.